The molecule has 2 atom stereocenters. The fraction of sp³-hybridized carbons (Fsp3) is 0.538. The van der Waals surface area contributed by atoms with Crippen LogP contribution in [0.4, 0.5) is 13.2 Å². The third-order valence-corrected chi connectivity index (χ3v) is 3.58. The SMILES string of the molecule is Cc1cc(C)c(C(=O)N2C[C@@H](C(F)(F)F)[C@H](C(=O)O)C2)o1.Cl. The van der Waals surface area contributed by atoms with Gasteiger partial charge in [-0.1, -0.05) is 0 Å². The fourth-order valence-electron chi connectivity index (χ4n) is 2.55. The van der Waals surface area contributed by atoms with E-state index in [0.717, 1.165) is 4.90 Å². The summed E-state index contributed by atoms with van der Waals surface area (Å²) >= 11 is 0. The summed E-state index contributed by atoms with van der Waals surface area (Å²) in [4.78, 5) is 24.1. The topological polar surface area (TPSA) is 70.8 Å². The summed E-state index contributed by atoms with van der Waals surface area (Å²) in [6.45, 7) is 2.08. The maximum absolute atomic E-state index is 12.9. The van der Waals surface area contributed by atoms with Crippen LogP contribution < -0.4 is 0 Å². The lowest BCUT2D eigenvalue weighted by atomic mass is 9.96. The number of carbonyl (C=O) groups is 2. The Morgan fingerprint density at radius 3 is 2.27 bits per heavy atom. The second-order valence-electron chi connectivity index (χ2n) is 5.17. The predicted octanol–water partition coefficient (Wildman–Crippen LogP) is 2.65. The molecule has 2 rings (SSSR count). The van der Waals surface area contributed by atoms with E-state index >= 15 is 0 Å². The molecule has 0 unspecified atom stereocenters. The minimum atomic E-state index is -4.66. The first-order valence-electron chi connectivity index (χ1n) is 6.27. The van der Waals surface area contributed by atoms with Crippen molar-refractivity contribution in [2.45, 2.75) is 20.0 Å². The van der Waals surface area contributed by atoms with Crippen LogP contribution in [0.2, 0.25) is 0 Å². The van der Waals surface area contributed by atoms with E-state index in [9.17, 15) is 22.8 Å². The number of aryl methyl sites for hydroxylation is 2. The lowest BCUT2D eigenvalue weighted by Gasteiger charge is -2.18. The van der Waals surface area contributed by atoms with Crippen LogP contribution in [-0.4, -0.2) is 41.1 Å². The monoisotopic (exact) mass is 341 g/mol. The molecule has 1 aromatic heterocycles. The molecule has 1 fully saturated rings. The van der Waals surface area contributed by atoms with Gasteiger partial charge in [0.15, 0.2) is 5.76 Å². The third kappa shape index (κ3) is 3.37. The highest BCUT2D eigenvalue weighted by Crippen LogP contribution is 2.38. The van der Waals surface area contributed by atoms with Crippen LogP contribution in [0.5, 0.6) is 0 Å². The molecule has 9 heteroatoms. The van der Waals surface area contributed by atoms with E-state index in [0.29, 0.717) is 11.3 Å². The van der Waals surface area contributed by atoms with Crippen molar-refractivity contribution in [3.05, 3.63) is 23.2 Å². The molecule has 1 aliphatic rings. The number of likely N-dealkylation sites (tertiary alicyclic amines) is 1. The summed E-state index contributed by atoms with van der Waals surface area (Å²) in [5, 5.41) is 8.91. The Kier molecular flexibility index (Phi) is 5.17. The zero-order chi connectivity index (χ0) is 15.9. The smallest absolute Gasteiger partial charge is 0.394 e. The molecule has 2 heterocycles. The van der Waals surface area contributed by atoms with Crippen LogP contribution in [0.1, 0.15) is 21.9 Å². The number of aliphatic carboxylic acids is 1. The summed E-state index contributed by atoms with van der Waals surface area (Å²) in [6, 6.07) is 1.60. The van der Waals surface area contributed by atoms with Crippen molar-refractivity contribution < 1.29 is 32.3 Å². The quantitative estimate of drug-likeness (QED) is 0.897. The van der Waals surface area contributed by atoms with Crippen LogP contribution in [0, 0.1) is 25.7 Å². The zero-order valence-corrected chi connectivity index (χ0v) is 12.6. The molecule has 1 aliphatic heterocycles. The largest absolute Gasteiger partial charge is 0.481 e. The highest BCUT2D eigenvalue weighted by atomic mass is 35.5. The van der Waals surface area contributed by atoms with Crippen LogP contribution >= 0.6 is 12.4 Å². The lowest BCUT2D eigenvalue weighted by Crippen LogP contribution is -2.34. The Morgan fingerprint density at radius 2 is 1.91 bits per heavy atom. The molecule has 0 bridgehead atoms. The number of furan rings is 1. The molecule has 5 nitrogen and oxygen atoms in total. The van der Waals surface area contributed by atoms with Crippen LogP contribution in [-0.2, 0) is 4.79 Å². The molecule has 22 heavy (non-hydrogen) atoms. The molecule has 0 saturated carbocycles. The first-order chi connectivity index (χ1) is 9.61. The van der Waals surface area contributed by atoms with Crippen LogP contribution in [0.3, 0.4) is 0 Å². The number of alkyl halides is 3. The number of amides is 1. The van der Waals surface area contributed by atoms with Gasteiger partial charge in [-0.15, -0.1) is 12.4 Å². The van der Waals surface area contributed by atoms with Gasteiger partial charge in [0.1, 0.15) is 5.76 Å². The molecular weight excluding hydrogens is 327 g/mol. The Morgan fingerprint density at radius 1 is 1.32 bits per heavy atom. The Labute approximate surface area is 130 Å². The van der Waals surface area contributed by atoms with E-state index in [1.165, 1.54) is 0 Å². The minimum Gasteiger partial charge on any atom is -0.481 e. The highest BCUT2D eigenvalue weighted by Gasteiger charge is 2.53. The molecule has 0 spiro atoms. The molecular formula is C13H15ClF3NO4. The van der Waals surface area contributed by atoms with Crippen molar-refractivity contribution in [2.24, 2.45) is 11.8 Å². The fourth-order valence-corrected chi connectivity index (χ4v) is 2.55. The normalized spacial score (nSPS) is 21.6. The predicted molar refractivity (Wildman–Crippen MR) is 72.0 cm³/mol. The van der Waals surface area contributed by atoms with E-state index in [4.69, 9.17) is 9.52 Å². The lowest BCUT2D eigenvalue weighted by molar-refractivity contribution is -0.187. The Balaban J connectivity index is 0.00000242. The molecule has 0 aliphatic carbocycles. The van der Waals surface area contributed by atoms with E-state index in [1.54, 1.807) is 19.9 Å². The Hall–Kier alpha value is -1.70. The van der Waals surface area contributed by atoms with Crippen molar-refractivity contribution in [3.63, 3.8) is 0 Å². The van der Waals surface area contributed by atoms with Gasteiger partial charge in [-0.05, 0) is 19.9 Å². The van der Waals surface area contributed by atoms with E-state index in [1.807, 2.05) is 0 Å². The molecule has 1 amide bonds. The third-order valence-electron chi connectivity index (χ3n) is 3.58. The van der Waals surface area contributed by atoms with E-state index in [2.05, 4.69) is 0 Å². The van der Waals surface area contributed by atoms with Crippen LogP contribution in [0.15, 0.2) is 10.5 Å². The summed E-state index contributed by atoms with van der Waals surface area (Å²) in [6.07, 6.45) is -4.66. The van der Waals surface area contributed by atoms with Gasteiger partial charge >= 0.3 is 12.1 Å². The number of nitrogens with zero attached hydrogens (tertiary/aromatic N) is 1. The van der Waals surface area contributed by atoms with Gasteiger partial charge in [0.25, 0.3) is 5.91 Å². The number of rotatable bonds is 2. The van der Waals surface area contributed by atoms with E-state index < -0.39 is 43.0 Å². The average Bonchev–Trinajstić information content (AvgIpc) is 2.91. The maximum Gasteiger partial charge on any atom is 0.394 e. The van der Waals surface area contributed by atoms with Crippen LogP contribution in [0.25, 0.3) is 0 Å². The van der Waals surface area contributed by atoms with E-state index in [-0.39, 0.29) is 18.2 Å². The molecule has 124 valence electrons. The molecule has 1 N–H and O–H groups in total. The number of hydrogen-bond donors (Lipinski definition) is 1. The molecule has 1 aromatic rings. The minimum absolute atomic E-state index is 0. The van der Waals surface area contributed by atoms with Crippen molar-refractivity contribution in [1.82, 2.24) is 4.90 Å². The average molecular weight is 342 g/mol. The molecule has 0 aromatic carbocycles. The van der Waals surface area contributed by atoms with Gasteiger partial charge in [0.2, 0.25) is 0 Å². The summed E-state index contributed by atoms with van der Waals surface area (Å²) in [5.41, 5.74) is 0.514. The van der Waals surface area contributed by atoms with Crippen molar-refractivity contribution in [2.75, 3.05) is 13.1 Å². The standard InChI is InChI=1S/C13H14F3NO4.ClH/c1-6-3-7(2)21-10(6)11(18)17-4-8(12(19)20)9(5-17)13(14,15)16;/h3,8-9H,4-5H2,1-2H3,(H,19,20);1H/t8-,9-;/m1./s1. The highest BCUT2D eigenvalue weighted by molar-refractivity contribution is 5.93. The van der Waals surface area contributed by atoms with Crippen molar-refractivity contribution in [3.8, 4) is 0 Å². The van der Waals surface area contributed by atoms with Gasteiger partial charge < -0.3 is 14.4 Å². The second kappa shape index (κ2) is 6.20. The number of carbonyl (C=O) groups excluding carboxylic acids is 1. The van der Waals surface area contributed by atoms with Gasteiger partial charge in [-0.2, -0.15) is 13.2 Å². The second-order valence-corrected chi connectivity index (χ2v) is 5.17. The summed E-state index contributed by atoms with van der Waals surface area (Å²) in [5.74, 6) is -5.55. The molecule has 1 saturated heterocycles. The number of hydrogen-bond acceptors (Lipinski definition) is 3. The van der Waals surface area contributed by atoms with Gasteiger partial charge in [-0.3, -0.25) is 9.59 Å². The maximum atomic E-state index is 12.9. The Bertz CT molecular complexity index is 584. The first kappa shape index (κ1) is 18.3. The number of carboxylic acid groups (broad SMARTS) is 1. The van der Waals surface area contributed by atoms with Gasteiger partial charge in [0.05, 0.1) is 11.8 Å². The number of carboxylic acids is 1. The summed E-state index contributed by atoms with van der Waals surface area (Å²) < 4.78 is 43.8. The van der Waals surface area contributed by atoms with Crippen molar-refractivity contribution in [1.29, 1.82) is 0 Å². The van der Waals surface area contributed by atoms with Crippen molar-refractivity contribution >= 4 is 24.3 Å². The number of halogens is 4. The first-order valence-corrected chi connectivity index (χ1v) is 6.27. The summed E-state index contributed by atoms with van der Waals surface area (Å²) in [7, 11) is 0. The van der Waals surface area contributed by atoms with Gasteiger partial charge in [-0.25, -0.2) is 0 Å². The zero-order valence-electron chi connectivity index (χ0n) is 11.8. The molecule has 0 radical (unpaired) electrons. The van der Waals surface area contributed by atoms with Gasteiger partial charge in [0, 0.05) is 18.7 Å².